The molecule has 3 nitrogen and oxygen atoms in total. The predicted molar refractivity (Wildman–Crippen MR) is 32.5 cm³/mol. The van der Waals surface area contributed by atoms with Crippen LogP contribution in [-0.2, 0) is 16.6 Å². The fourth-order valence-corrected chi connectivity index (χ4v) is 0.411. The van der Waals surface area contributed by atoms with E-state index in [2.05, 4.69) is 6.58 Å². The van der Waals surface area contributed by atoms with E-state index in [4.69, 9.17) is 0 Å². The van der Waals surface area contributed by atoms with Gasteiger partial charge in [0.05, 0.1) is 0 Å². The molecule has 0 aromatic heterocycles. The molecule has 0 aromatic rings. The second kappa shape index (κ2) is 3.37. The molecule has 0 bridgehead atoms. The summed E-state index contributed by atoms with van der Waals surface area (Å²) in [4.78, 5) is 10.3. The lowest BCUT2D eigenvalue weighted by molar-refractivity contribution is -0.115. The molecule has 0 radical (unpaired) electrons. The number of amides is 1. The lowest BCUT2D eigenvalue weighted by atomic mass is 10.3. The molecule has 1 amide bonds. The Labute approximate surface area is 51.4 Å². The van der Waals surface area contributed by atoms with Gasteiger partial charge in [-0.1, -0.05) is 6.58 Å². The summed E-state index contributed by atoms with van der Waals surface area (Å²) in [5, 5.41) is 0. The third kappa shape index (κ3) is 2.52. The maximum atomic E-state index is 10.3. The van der Waals surface area contributed by atoms with Crippen LogP contribution in [0.1, 0.15) is 6.92 Å². The van der Waals surface area contributed by atoms with Gasteiger partial charge >= 0.3 is 0 Å². The van der Waals surface area contributed by atoms with Crippen LogP contribution in [0.25, 0.3) is 0 Å². The highest BCUT2D eigenvalue weighted by molar-refractivity contribution is 7.64. The summed E-state index contributed by atoms with van der Waals surface area (Å²) in [6.07, 6.45) is 0. The van der Waals surface area contributed by atoms with Gasteiger partial charge in [-0.25, -0.2) is 4.21 Å². The van der Waals surface area contributed by atoms with Crippen LogP contribution in [0.15, 0.2) is 12.2 Å². The van der Waals surface area contributed by atoms with Crippen LogP contribution in [-0.4, -0.2) is 10.1 Å². The molecule has 0 atom stereocenters. The predicted octanol–water partition coefficient (Wildman–Crippen LogP) is -0.461. The van der Waals surface area contributed by atoms with E-state index >= 15 is 0 Å². The molecule has 0 aromatic carbocycles. The van der Waals surface area contributed by atoms with Crippen molar-refractivity contribution < 1.29 is 9.00 Å². The van der Waals surface area contributed by atoms with Crippen molar-refractivity contribution >= 4 is 17.8 Å². The SMILES string of the molecule is C=C(C)C(=O)N[SH]=O. The molecular weight excluding hydrogens is 126 g/mol. The zero-order valence-corrected chi connectivity index (χ0v) is 5.37. The molecule has 0 saturated heterocycles. The van der Waals surface area contributed by atoms with Gasteiger partial charge in [0.25, 0.3) is 5.91 Å². The molecule has 46 valence electrons. The first-order valence-corrected chi connectivity index (χ1v) is 2.78. The Kier molecular flexibility index (Phi) is 3.10. The number of nitrogens with one attached hydrogen (secondary N) is 1. The number of rotatable bonds is 2. The number of carbonyl (C=O) groups is 1. The average molecular weight is 133 g/mol. The van der Waals surface area contributed by atoms with Crippen LogP contribution in [0.3, 0.4) is 0 Å². The molecule has 0 rings (SSSR count). The van der Waals surface area contributed by atoms with E-state index in [-0.39, 0.29) is 17.8 Å². The maximum Gasteiger partial charge on any atom is 0.257 e. The summed E-state index contributed by atoms with van der Waals surface area (Å²) in [5.74, 6) is -0.387. The first kappa shape index (κ1) is 7.36. The molecule has 4 heteroatoms. The molecule has 0 spiro atoms. The quantitative estimate of drug-likeness (QED) is 0.395. The van der Waals surface area contributed by atoms with E-state index in [0.717, 1.165) is 0 Å². The van der Waals surface area contributed by atoms with Crippen LogP contribution in [0.5, 0.6) is 0 Å². The minimum atomic E-state index is -0.387. The summed E-state index contributed by atoms with van der Waals surface area (Å²) >= 11 is -0.376. The highest BCUT2D eigenvalue weighted by atomic mass is 32.2. The van der Waals surface area contributed by atoms with Gasteiger partial charge in [-0.15, -0.1) is 0 Å². The zero-order chi connectivity index (χ0) is 6.57. The Balaban J connectivity index is 3.65. The van der Waals surface area contributed by atoms with Crippen LogP contribution < -0.4 is 4.72 Å². The molecule has 0 saturated carbocycles. The van der Waals surface area contributed by atoms with Crippen molar-refractivity contribution in [3.05, 3.63) is 12.2 Å². The fourth-order valence-electron chi connectivity index (χ4n) is 0.137. The second-order valence-electron chi connectivity index (χ2n) is 1.31. The second-order valence-corrected chi connectivity index (χ2v) is 1.72. The molecule has 0 fully saturated rings. The highest BCUT2D eigenvalue weighted by Crippen LogP contribution is 1.82. The molecule has 8 heavy (non-hydrogen) atoms. The maximum absolute atomic E-state index is 10.3. The highest BCUT2D eigenvalue weighted by Gasteiger charge is 1.95. The molecular formula is C4H7NO2S. The van der Waals surface area contributed by atoms with Crippen molar-refractivity contribution in [1.29, 1.82) is 0 Å². The van der Waals surface area contributed by atoms with Gasteiger partial charge < -0.3 is 0 Å². The topological polar surface area (TPSA) is 46.2 Å². The molecule has 0 aliphatic heterocycles. The summed E-state index contributed by atoms with van der Waals surface area (Å²) in [5.41, 5.74) is 0.355. The van der Waals surface area contributed by atoms with Gasteiger partial charge in [-0.3, -0.25) is 9.52 Å². The van der Waals surface area contributed by atoms with E-state index in [1.165, 1.54) is 0 Å². The van der Waals surface area contributed by atoms with Crippen molar-refractivity contribution in [1.82, 2.24) is 4.72 Å². The van der Waals surface area contributed by atoms with E-state index < -0.39 is 0 Å². The minimum absolute atomic E-state index is 0.355. The third-order valence-electron chi connectivity index (χ3n) is 0.535. The van der Waals surface area contributed by atoms with Crippen molar-refractivity contribution in [2.24, 2.45) is 0 Å². The number of thiol groups is 1. The van der Waals surface area contributed by atoms with E-state index in [0.29, 0.717) is 5.57 Å². The summed E-state index contributed by atoms with van der Waals surface area (Å²) in [7, 11) is 0. The average Bonchev–Trinajstić information content (AvgIpc) is 1.67. The summed E-state index contributed by atoms with van der Waals surface area (Å²) in [6.45, 7) is 4.86. The lowest BCUT2D eigenvalue weighted by Crippen LogP contribution is -2.18. The fraction of sp³-hybridized carbons (Fsp3) is 0.250. The Hall–Kier alpha value is -0.640. The van der Waals surface area contributed by atoms with Gasteiger partial charge in [-0.05, 0) is 6.92 Å². The van der Waals surface area contributed by atoms with Crippen molar-refractivity contribution in [2.75, 3.05) is 0 Å². The smallest absolute Gasteiger partial charge is 0.257 e. The molecule has 0 aliphatic rings. The van der Waals surface area contributed by atoms with Crippen molar-refractivity contribution in [2.45, 2.75) is 6.92 Å². The van der Waals surface area contributed by atoms with E-state index in [9.17, 15) is 9.00 Å². The number of hydrogen-bond acceptors (Lipinski definition) is 2. The number of hydrogen-bond donors (Lipinski definition) is 2. The van der Waals surface area contributed by atoms with Crippen molar-refractivity contribution in [3.63, 3.8) is 0 Å². The first-order chi connectivity index (χ1) is 3.68. The van der Waals surface area contributed by atoms with Gasteiger partial charge in [0.1, 0.15) is 11.9 Å². The Bertz CT molecular complexity index is 132. The van der Waals surface area contributed by atoms with E-state index in [1.807, 2.05) is 4.72 Å². The molecule has 0 unspecified atom stereocenters. The first-order valence-electron chi connectivity index (χ1n) is 1.96. The van der Waals surface area contributed by atoms with Crippen molar-refractivity contribution in [3.8, 4) is 0 Å². The number of carbonyl (C=O) groups excluding carboxylic acids is 1. The Morgan fingerprint density at radius 3 is 2.38 bits per heavy atom. The van der Waals surface area contributed by atoms with Gasteiger partial charge in [-0.2, -0.15) is 0 Å². The Morgan fingerprint density at radius 2 is 2.25 bits per heavy atom. The van der Waals surface area contributed by atoms with Gasteiger partial charge in [0.15, 0.2) is 0 Å². The summed E-state index contributed by atoms with van der Waals surface area (Å²) < 4.78 is 11.7. The molecule has 1 N–H and O–H groups in total. The molecule has 0 aliphatic carbocycles. The molecule has 0 heterocycles. The minimum Gasteiger partial charge on any atom is -0.274 e. The summed E-state index contributed by atoms with van der Waals surface area (Å²) in [6, 6.07) is 0. The Morgan fingerprint density at radius 1 is 1.75 bits per heavy atom. The standard InChI is InChI=1S/C4H7NO2S/c1-3(2)4(6)5-8-7/h8H,1H2,2H3,(H,5,6,7). The normalized spacial score (nSPS) is 8.12. The monoisotopic (exact) mass is 133 g/mol. The largest absolute Gasteiger partial charge is 0.274 e. The van der Waals surface area contributed by atoms with Crippen LogP contribution in [0.4, 0.5) is 0 Å². The van der Waals surface area contributed by atoms with Gasteiger partial charge in [0.2, 0.25) is 0 Å². The third-order valence-corrected chi connectivity index (χ3v) is 0.829. The van der Waals surface area contributed by atoms with Crippen LogP contribution >= 0.6 is 0 Å². The zero-order valence-electron chi connectivity index (χ0n) is 4.47. The van der Waals surface area contributed by atoms with Crippen LogP contribution in [0, 0.1) is 0 Å². The van der Waals surface area contributed by atoms with Crippen LogP contribution in [0.2, 0.25) is 0 Å². The lowest BCUT2D eigenvalue weighted by Gasteiger charge is -1.91. The van der Waals surface area contributed by atoms with Gasteiger partial charge in [0, 0.05) is 5.57 Å². The van der Waals surface area contributed by atoms with E-state index in [1.54, 1.807) is 6.92 Å².